The van der Waals surface area contributed by atoms with Gasteiger partial charge in [-0.1, -0.05) is 18.2 Å². The number of aromatic amines is 1. The molecule has 0 atom stereocenters. The Hall–Kier alpha value is -3.02. The molecule has 3 rings (SSSR count). The van der Waals surface area contributed by atoms with Crippen LogP contribution in [0, 0.1) is 6.92 Å². The van der Waals surface area contributed by atoms with E-state index in [1.807, 2.05) is 55.5 Å². The number of hydrogen-bond donors (Lipinski definition) is 4. The number of nitrogen functional groups attached to an aromatic ring is 1. The molecule has 6 heteroatoms. The van der Waals surface area contributed by atoms with Crippen molar-refractivity contribution in [3.63, 3.8) is 0 Å². The highest BCUT2D eigenvalue weighted by Crippen LogP contribution is 2.24. The molecular weight excluding hydrogens is 264 g/mol. The highest BCUT2D eigenvalue weighted by atomic mass is 15.3. The summed E-state index contributed by atoms with van der Waals surface area (Å²) < 4.78 is 0. The third kappa shape index (κ3) is 3.11. The van der Waals surface area contributed by atoms with E-state index in [-0.39, 0.29) is 5.95 Å². The van der Waals surface area contributed by atoms with Crippen LogP contribution in [0.25, 0.3) is 0 Å². The van der Waals surface area contributed by atoms with Crippen LogP contribution in [-0.4, -0.2) is 15.2 Å². The molecule has 1 heterocycles. The number of aromatic nitrogens is 3. The van der Waals surface area contributed by atoms with Crippen molar-refractivity contribution in [2.45, 2.75) is 6.92 Å². The van der Waals surface area contributed by atoms with Crippen LogP contribution in [0.1, 0.15) is 5.56 Å². The molecule has 5 N–H and O–H groups in total. The number of benzene rings is 2. The standard InChI is InChI=1S/C15H16N6/c1-10-9-12(18-15-19-14(16)20-21-15)7-8-13(10)17-11-5-3-2-4-6-11/h2-9,17H,1H3,(H4,16,18,19,20,21). The lowest BCUT2D eigenvalue weighted by Gasteiger charge is -2.11. The fraction of sp³-hybridized carbons (Fsp3) is 0.0667. The van der Waals surface area contributed by atoms with Gasteiger partial charge in [0.2, 0.25) is 11.9 Å². The van der Waals surface area contributed by atoms with E-state index in [0.717, 1.165) is 22.6 Å². The van der Waals surface area contributed by atoms with E-state index in [4.69, 9.17) is 5.73 Å². The van der Waals surface area contributed by atoms with Crippen LogP contribution >= 0.6 is 0 Å². The summed E-state index contributed by atoms with van der Waals surface area (Å²) in [4.78, 5) is 4.01. The van der Waals surface area contributed by atoms with Crippen LogP contribution in [-0.2, 0) is 0 Å². The van der Waals surface area contributed by atoms with E-state index in [1.165, 1.54) is 0 Å². The van der Waals surface area contributed by atoms with E-state index < -0.39 is 0 Å². The summed E-state index contributed by atoms with van der Waals surface area (Å²) in [6, 6.07) is 16.1. The number of aryl methyl sites for hydroxylation is 1. The fourth-order valence-corrected chi connectivity index (χ4v) is 2.02. The summed E-state index contributed by atoms with van der Waals surface area (Å²) in [7, 11) is 0. The maximum Gasteiger partial charge on any atom is 0.248 e. The first kappa shape index (κ1) is 13.0. The van der Waals surface area contributed by atoms with Crippen molar-refractivity contribution in [1.29, 1.82) is 0 Å². The normalized spacial score (nSPS) is 10.3. The molecule has 0 aliphatic heterocycles. The molecule has 21 heavy (non-hydrogen) atoms. The zero-order valence-electron chi connectivity index (χ0n) is 11.6. The number of nitrogens with zero attached hydrogens (tertiary/aromatic N) is 2. The van der Waals surface area contributed by atoms with Crippen LogP contribution in [0.15, 0.2) is 48.5 Å². The summed E-state index contributed by atoms with van der Waals surface area (Å²) in [5.41, 5.74) is 9.63. The van der Waals surface area contributed by atoms with Gasteiger partial charge in [0.25, 0.3) is 0 Å². The summed E-state index contributed by atoms with van der Waals surface area (Å²) in [5, 5.41) is 13.0. The Bertz CT molecular complexity index is 735. The molecule has 0 radical (unpaired) electrons. The molecule has 106 valence electrons. The number of nitrogens with two attached hydrogens (primary N) is 1. The van der Waals surface area contributed by atoms with E-state index in [2.05, 4.69) is 25.8 Å². The van der Waals surface area contributed by atoms with E-state index in [0.29, 0.717) is 5.95 Å². The molecule has 6 nitrogen and oxygen atoms in total. The molecule has 0 fully saturated rings. The minimum Gasteiger partial charge on any atom is -0.368 e. The molecule has 3 aromatic rings. The minimum absolute atomic E-state index is 0.289. The van der Waals surface area contributed by atoms with Crippen molar-refractivity contribution in [1.82, 2.24) is 15.2 Å². The molecular formula is C15H16N6. The first-order valence-electron chi connectivity index (χ1n) is 6.58. The predicted molar refractivity (Wildman–Crippen MR) is 85.0 cm³/mol. The number of nitrogens with one attached hydrogen (secondary N) is 3. The van der Waals surface area contributed by atoms with Gasteiger partial charge in [-0.2, -0.15) is 4.98 Å². The fourth-order valence-electron chi connectivity index (χ4n) is 2.02. The van der Waals surface area contributed by atoms with Gasteiger partial charge >= 0.3 is 0 Å². The van der Waals surface area contributed by atoms with E-state index >= 15 is 0 Å². The number of rotatable bonds is 4. The zero-order chi connectivity index (χ0) is 14.7. The average Bonchev–Trinajstić information content (AvgIpc) is 2.88. The monoisotopic (exact) mass is 280 g/mol. The number of para-hydroxylation sites is 1. The third-order valence-electron chi connectivity index (χ3n) is 3.04. The number of anilines is 5. The molecule has 1 aromatic heterocycles. The first-order valence-corrected chi connectivity index (χ1v) is 6.58. The molecule has 0 saturated carbocycles. The van der Waals surface area contributed by atoms with Crippen molar-refractivity contribution in [2.24, 2.45) is 0 Å². The Morgan fingerprint density at radius 2 is 1.81 bits per heavy atom. The Balaban J connectivity index is 1.76. The van der Waals surface area contributed by atoms with Crippen molar-refractivity contribution < 1.29 is 0 Å². The molecule has 2 aromatic carbocycles. The second kappa shape index (κ2) is 5.54. The third-order valence-corrected chi connectivity index (χ3v) is 3.04. The molecule has 0 spiro atoms. The van der Waals surface area contributed by atoms with Crippen molar-refractivity contribution in [3.8, 4) is 0 Å². The highest BCUT2D eigenvalue weighted by Gasteiger charge is 2.04. The van der Waals surface area contributed by atoms with Gasteiger partial charge in [0.1, 0.15) is 0 Å². The smallest absolute Gasteiger partial charge is 0.248 e. The van der Waals surface area contributed by atoms with Crippen LogP contribution in [0.2, 0.25) is 0 Å². The lowest BCUT2D eigenvalue weighted by atomic mass is 10.1. The molecule has 0 aliphatic carbocycles. The first-order chi connectivity index (χ1) is 10.2. The Labute approximate surface area is 122 Å². The molecule has 0 saturated heterocycles. The quantitative estimate of drug-likeness (QED) is 0.589. The van der Waals surface area contributed by atoms with Crippen LogP contribution in [0.4, 0.5) is 29.0 Å². The van der Waals surface area contributed by atoms with Gasteiger partial charge in [-0.25, -0.2) is 5.10 Å². The van der Waals surface area contributed by atoms with E-state index in [1.54, 1.807) is 0 Å². The molecule has 0 unspecified atom stereocenters. The second-order valence-corrected chi connectivity index (χ2v) is 4.69. The summed E-state index contributed by atoms with van der Waals surface area (Å²) in [6.07, 6.45) is 0. The van der Waals surface area contributed by atoms with Crippen molar-refractivity contribution >= 4 is 29.0 Å². The lowest BCUT2D eigenvalue weighted by Crippen LogP contribution is -1.96. The largest absolute Gasteiger partial charge is 0.368 e. The summed E-state index contributed by atoms with van der Waals surface area (Å²) in [6.45, 7) is 2.04. The average molecular weight is 280 g/mol. The highest BCUT2D eigenvalue weighted by molar-refractivity contribution is 5.67. The minimum atomic E-state index is 0.289. The Morgan fingerprint density at radius 3 is 2.48 bits per heavy atom. The summed E-state index contributed by atoms with van der Waals surface area (Å²) >= 11 is 0. The van der Waals surface area contributed by atoms with Gasteiger partial charge in [0.05, 0.1) is 0 Å². The maximum absolute atomic E-state index is 5.49. The van der Waals surface area contributed by atoms with Crippen molar-refractivity contribution in [2.75, 3.05) is 16.4 Å². The number of H-pyrrole nitrogens is 1. The molecule has 0 bridgehead atoms. The second-order valence-electron chi connectivity index (χ2n) is 4.69. The lowest BCUT2D eigenvalue weighted by molar-refractivity contribution is 1.10. The molecule has 0 amide bonds. The maximum atomic E-state index is 5.49. The van der Waals surface area contributed by atoms with Crippen LogP contribution < -0.4 is 16.4 Å². The topological polar surface area (TPSA) is 91.7 Å². The van der Waals surface area contributed by atoms with Crippen molar-refractivity contribution in [3.05, 3.63) is 54.1 Å². The SMILES string of the molecule is Cc1cc(Nc2n[nH]c(N)n2)ccc1Nc1ccccc1. The van der Waals surface area contributed by atoms with Crippen LogP contribution in [0.3, 0.4) is 0 Å². The molecule has 0 aliphatic rings. The van der Waals surface area contributed by atoms with Gasteiger partial charge in [-0.05, 0) is 42.8 Å². The van der Waals surface area contributed by atoms with Gasteiger partial charge in [0, 0.05) is 17.1 Å². The summed E-state index contributed by atoms with van der Waals surface area (Å²) in [5.74, 6) is 0.743. The Morgan fingerprint density at radius 1 is 1.00 bits per heavy atom. The number of hydrogen-bond acceptors (Lipinski definition) is 5. The van der Waals surface area contributed by atoms with E-state index in [9.17, 15) is 0 Å². The van der Waals surface area contributed by atoms with Gasteiger partial charge in [-0.3, -0.25) is 0 Å². The predicted octanol–water partition coefficient (Wildman–Crippen LogP) is 3.18. The van der Waals surface area contributed by atoms with Gasteiger partial charge < -0.3 is 16.4 Å². The van der Waals surface area contributed by atoms with Gasteiger partial charge in [0.15, 0.2) is 0 Å². The Kier molecular flexibility index (Phi) is 3.42. The van der Waals surface area contributed by atoms with Gasteiger partial charge in [-0.15, -0.1) is 5.10 Å². The zero-order valence-corrected chi connectivity index (χ0v) is 11.6. The van der Waals surface area contributed by atoms with Crippen LogP contribution in [0.5, 0.6) is 0 Å².